The van der Waals surface area contributed by atoms with E-state index >= 15 is 0 Å². The summed E-state index contributed by atoms with van der Waals surface area (Å²) in [5, 5.41) is 15.6. The van der Waals surface area contributed by atoms with Crippen LogP contribution in [0.3, 0.4) is 0 Å². The fourth-order valence-electron chi connectivity index (χ4n) is 4.38. The molecule has 0 radical (unpaired) electrons. The number of hydrogen-bond donors (Lipinski definition) is 2. The van der Waals surface area contributed by atoms with E-state index in [9.17, 15) is 0 Å². The highest BCUT2D eigenvalue weighted by Gasteiger charge is 2.23. The number of nitrogens with zero attached hydrogens (tertiary/aromatic N) is 5. The molecular formula is C22H33N7. The van der Waals surface area contributed by atoms with Crippen molar-refractivity contribution < 1.29 is 0 Å². The van der Waals surface area contributed by atoms with Crippen molar-refractivity contribution in [3.8, 4) is 0 Å². The molecule has 2 aromatic rings. The summed E-state index contributed by atoms with van der Waals surface area (Å²) in [6.45, 7) is 8.99. The second-order valence-electron chi connectivity index (χ2n) is 8.16. The first kappa shape index (κ1) is 19.7. The van der Waals surface area contributed by atoms with Crippen molar-refractivity contribution in [2.45, 2.75) is 52.1 Å². The molecular weight excluding hydrogens is 362 g/mol. The predicted octanol–water partition coefficient (Wildman–Crippen LogP) is 2.37. The highest BCUT2D eigenvalue weighted by Crippen LogP contribution is 2.21. The largest absolute Gasteiger partial charge is 0.369 e. The monoisotopic (exact) mass is 395 g/mol. The van der Waals surface area contributed by atoms with Gasteiger partial charge >= 0.3 is 0 Å². The molecule has 2 aliphatic heterocycles. The first-order valence-corrected chi connectivity index (χ1v) is 11.0. The van der Waals surface area contributed by atoms with Crippen LogP contribution in [0.25, 0.3) is 0 Å². The molecule has 1 aromatic heterocycles. The van der Waals surface area contributed by atoms with Crippen molar-refractivity contribution in [3.63, 3.8) is 0 Å². The van der Waals surface area contributed by atoms with E-state index in [1.54, 1.807) is 0 Å². The standard InChI is InChI=1S/C22H33N7/c1-3-23-22(24-14-18-11-12-21-27-26-17(2)29(21)15-18)25-19-8-7-13-28(16-19)20-9-5-4-6-10-20/h4-6,9-10,18-19H,3,7-8,11-16H2,1-2H3,(H2,23,24,25). The van der Waals surface area contributed by atoms with Crippen LogP contribution in [-0.2, 0) is 13.0 Å². The molecule has 2 N–H and O–H groups in total. The summed E-state index contributed by atoms with van der Waals surface area (Å²) in [6, 6.07) is 11.1. The maximum absolute atomic E-state index is 4.94. The lowest BCUT2D eigenvalue weighted by molar-refractivity contribution is 0.369. The van der Waals surface area contributed by atoms with E-state index in [0.717, 1.165) is 63.2 Å². The van der Waals surface area contributed by atoms with E-state index in [1.807, 2.05) is 6.92 Å². The second-order valence-corrected chi connectivity index (χ2v) is 8.16. The summed E-state index contributed by atoms with van der Waals surface area (Å²) in [7, 11) is 0. The van der Waals surface area contributed by atoms with Gasteiger partial charge in [-0.25, -0.2) is 0 Å². The Morgan fingerprint density at radius 1 is 1.17 bits per heavy atom. The number of para-hydroxylation sites is 1. The van der Waals surface area contributed by atoms with Gasteiger partial charge in [-0.2, -0.15) is 0 Å². The van der Waals surface area contributed by atoms with Gasteiger partial charge in [-0.15, -0.1) is 10.2 Å². The third kappa shape index (κ3) is 4.89. The molecule has 3 heterocycles. The van der Waals surface area contributed by atoms with Crippen molar-refractivity contribution in [3.05, 3.63) is 42.0 Å². The Labute approximate surface area is 173 Å². The van der Waals surface area contributed by atoms with Gasteiger partial charge in [-0.05, 0) is 51.2 Å². The molecule has 1 saturated heterocycles. The van der Waals surface area contributed by atoms with Gasteiger partial charge in [0.05, 0.1) is 0 Å². The Morgan fingerprint density at radius 3 is 2.86 bits per heavy atom. The molecule has 0 bridgehead atoms. The van der Waals surface area contributed by atoms with Crippen molar-refractivity contribution in [2.75, 3.05) is 31.1 Å². The number of aliphatic imine (C=N–C) groups is 1. The molecule has 2 unspecified atom stereocenters. The molecule has 0 amide bonds. The minimum atomic E-state index is 0.416. The predicted molar refractivity (Wildman–Crippen MR) is 117 cm³/mol. The number of hydrogen-bond acceptors (Lipinski definition) is 4. The maximum atomic E-state index is 4.94. The number of anilines is 1. The molecule has 1 fully saturated rings. The average molecular weight is 396 g/mol. The fraction of sp³-hybridized carbons (Fsp3) is 0.591. The quantitative estimate of drug-likeness (QED) is 0.601. The zero-order valence-electron chi connectivity index (χ0n) is 17.6. The zero-order valence-corrected chi connectivity index (χ0v) is 17.6. The van der Waals surface area contributed by atoms with Gasteiger partial charge in [0.15, 0.2) is 5.96 Å². The third-order valence-electron chi connectivity index (χ3n) is 5.96. The Bertz CT molecular complexity index is 814. The molecule has 0 aliphatic carbocycles. The van der Waals surface area contributed by atoms with Crippen LogP contribution in [0.1, 0.15) is 37.8 Å². The van der Waals surface area contributed by atoms with Crippen LogP contribution in [-0.4, -0.2) is 52.9 Å². The molecule has 2 aliphatic rings. The van der Waals surface area contributed by atoms with Gasteiger partial charge < -0.3 is 20.1 Å². The Hall–Kier alpha value is -2.57. The average Bonchev–Trinajstić information content (AvgIpc) is 3.13. The van der Waals surface area contributed by atoms with Crippen LogP contribution in [0.4, 0.5) is 5.69 Å². The summed E-state index contributed by atoms with van der Waals surface area (Å²) in [6.07, 6.45) is 4.51. The van der Waals surface area contributed by atoms with E-state index < -0.39 is 0 Å². The Balaban J connectivity index is 1.35. The minimum absolute atomic E-state index is 0.416. The molecule has 29 heavy (non-hydrogen) atoms. The number of aryl methyl sites for hydroxylation is 2. The Kier molecular flexibility index (Phi) is 6.32. The van der Waals surface area contributed by atoms with Crippen LogP contribution in [0.5, 0.6) is 0 Å². The minimum Gasteiger partial charge on any atom is -0.369 e. The van der Waals surface area contributed by atoms with Gasteiger partial charge in [0.2, 0.25) is 0 Å². The molecule has 0 spiro atoms. The number of benzene rings is 1. The van der Waals surface area contributed by atoms with Crippen LogP contribution in [0, 0.1) is 12.8 Å². The number of guanidine groups is 1. The van der Waals surface area contributed by atoms with Crippen LogP contribution >= 0.6 is 0 Å². The second kappa shape index (κ2) is 9.29. The van der Waals surface area contributed by atoms with E-state index in [-0.39, 0.29) is 0 Å². The fourth-order valence-corrected chi connectivity index (χ4v) is 4.38. The lowest BCUT2D eigenvalue weighted by Gasteiger charge is -2.35. The highest BCUT2D eigenvalue weighted by molar-refractivity contribution is 5.80. The number of piperidine rings is 1. The van der Waals surface area contributed by atoms with Gasteiger partial charge in [0.25, 0.3) is 0 Å². The first-order chi connectivity index (χ1) is 14.2. The highest BCUT2D eigenvalue weighted by atomic mass is 15.3. The first-order valence-electron chi connectivity index (χ1n) is 11.0. The number of rotatable bonds is 5. The topological polar surface area (TPSA) is 70.4 Å². The van der Waals surface area contributed by atoms with Crippen molar-refractivity contribution >= 4 is 11.6 Å². The van der Waals surface area contributed by atoms with Crippen molar-refractivity contribution in [1.82, 2.24) is 25.4 Å². The van der Waals surface area contributed by atoms with Crippen LogP contribution in [0.15, 0.2) is 35.3 Å². The maximum Gasteiger partial charge on any atom is 0.191 e. The smallest absolute Gasteiger partial charge is 0.191 e. The number of nitrogens with one attached hydrogen (secondary N) is 2. The van der Waals surface area contributed by atoms with Crippen LogP contribution < -0.4 is 15.5 Å². The van der Waals surface area contributed by atoms with E-state index in [4.69, 9.17) is 4.99 Å². The molecule has 156 valence electrons. The van der Waals surface area contributed by atoms with Gasteiger partial charge in [0.1, 0.15) is 11.6 Å². The number of aromatic nitrogens is 3. The van der Waals surface area contributed by atoms with Gasteiger partial charge in [0, 0.05) is 50.9 Å². The molecule has 0 saturated carbocycles. The third-order valence-corrected chi connectivity index (χ3v) is 5.96. The lowest BCUT2D eigenvalue weighted by Crippen LogP contribution is -2.51. The summed E-state index contributed by atoms with van der Waals surface area (Å²) in [4.78, 5) is 7.41. The molecule has 1 aromatic carbocycles. The molecule has 2 atom stereocenters. The van der Waals surface area contributed by atoms with E-state index in [2.05, 4.69) is 67.6 Å². The summed E-state index contributed by atoms with van der Waals surface area (Å²) in [5.41, 5.74) is 1.31. The van der Waals surface area contributed by atoms with Gasteiger partial charge in [-0.1, -0.05) is 18.2 Å². The van der Waals surface area contributed by atoms with E-state index in [0.29, 0.717) is 12.0 Å². The van der Waals surface area contributed by atoms with E-state index in [1.165, 1.54) is 18.5 Å². The molecule has 4 rings (SSSR count). The number of fused-ring (bicyclic) bond motifs is 1. The van der Waals surface area contributed by atoms with Crippen molar-refractivity contribution in [1.29, 1.82) is 0 Å². The zero-order chi connectivity index (χ0) is 20.1. The summed E-state index contributed by atoms with van der Waals surface area (Å²) < 4.78 is 2.25. The van der Waals surface area contributed by atoms with Crippen LogP contribution in [0.2, 0.25) is 0 Å². The summed E-state index contributed by atoms with van der Waals surface area (Å²) in [5.74, 6) is 3.62. The van der Waals surface area contributed by atoms with Crippen molar-refractivity contribution in [2.24, 2.45) is 10.9 Å². The normalized spacial score (nSPS) is 22.3. The Morgan fingerprint density at radius 2 is 2.03 bits per heavy atom. The molecule has 7 heteroatoms. The SMILES string of the molecule is CCNC(=NCC1CCc2nnc(C)n2C1)NC1CCCN(c2ccccc2)C1. The lowest BCUT2D eigenvalue weighted by atomic mass is 9.99. The summed E-state index contributed by atoms with van der Waals surface area (Å²) >= 11 is 0. The van der Waals surface area contributed by atoms with Gasteiger partial charge in [-0.3, -0.25) is 4.99 Å². The molecule has 7 nitrogen and oxygen atoms in total.